The second-order valence-corrected chi connectivity index (χ2v) is 5.16. The Labute approximate surface area is 122 Å². The molecule has 21 heavy (non-hydrogen) atoms. The number of aryl methyl sites for hydroxylation is 1. The Morgan fingerprint density at radius 3 is 2.86 bits per heavy atom. The minimum absolute atomic E-state index is 0.248. The maximum atomic E-state index is 11.8. The molecule has 0 atom stereocenters. The third kappa shape index (κ3) is 2.52. The molecule has 0 saturated carbocycles. The van der Waals surface area contributed by atoms with Crippen LogP contribution in [0.3, 0.4) is 0 Å². The fraction of sp³-hybridized carbons (Fsp3) is 0.154. The molecule has 0 unspecified atom stereocenters. The van der Waals surface area contributed by atoms with Gasteiger partial charge in [-0.15, -0.1) is 20.4 Å². The maximum Gasteiger partial charge on any atom is 0.368 e. The third-order valence-corrected chi connectivity index (χ3v) is 3.71. The monoisotopic (exact) mass is 302 g/mol. The molecule has 0 fully saturated rings. The zero-order valence-electron chi connectivity index (χ0n) is 11.0. The molecule has 0 spiro atoms. The summed E-state index contributed by atoms with van der Waals surface area (Å²) < 4.78 is 5.09. The van der Waals surface area contributed by atoms with Crippen molar-refractivity contribution < 1.29 is 9.52 Å². The molecule has 2 heterocycles. The van der Waals surface area contributed by atoms with E-state index in [4.69, 9.17) is 4.42 Å². The van der Waals surface area contributed by atoms with Crippen molar-refractivity contribution in [2.75, 3.05) is 0 Å². The van der Waals surface area contributed by atoms with E-state index in [0.29, 0.717) is 16.1 Å². The van der Waals surface area contributed by atoms with Crippen molar-refractivity contribution in [3.05, 3.63) is 39.7 Å². The summed E-state index contributed by atoms with van der Waals surface area (Å²) in [4.78, 5) is 11.8. The highest BCUT2D eigenvalue weighted by molar-refractivity contribution is 7.14. The summed E-state index contributed by atoms with van der Waals surface area (Å²) in [5.41, 5.74) is -0.708. The predicted octanol–water partition coefficient (Wildman–Crippen LogP) is 3.33. The summed E-state index contributed by atoms with van der Waals surface area (Å²) in [6.45, 7) is 1.95. The summed E-state index contributed by atoms with van der Waals surface area (Å²) in [6.07, 6.45) is 0.747. The molecule has 0 amide bonds. The fourth-order valence-electron chi connectivity index (χ4n) is 1.73. The van der Waals surface area contributed by atoms with Gasteiger partial charge in [-0.1, -0.05) is 30.4 Å². The number of para-hydroxylation sites is 1. The molecule has 8 heteroatoms. The van der Waals surface area contributed by atoms with Gasteiger partial charge in [-0.2, -0.15) is 0 Å². The first-order valence-corrected chi connectivity index (χ1v) is 6.99. The average molecular weight is 302 g/mol. The standard InChI is InChI=1S/C13H10N4O3S/c1-2-9-14-16-13(21-9)17-15-10-11(18)7-5-3-4-6-8(7)20-12(10)19/h3-6,18H,2H2,1H3. The van der Waals surface area contributed by atoms with Crippen LogP contribution in [0.15, 0.2) is 43.7 Å². The van der Waals surface area contributed by atoms with Gasteiger partial charge in [-0.3, -0.25) is 0 Å². The lowest BCUT2D eigenvalue weighted by Gasteiger charge is -2.00. The van der Waals surface area contributed by atoms with Crippen LogP contribution in [0, 0.1) is 0 Å². The van der Waals surface area contributed by atoms with Gasteiger partial charge in [-0.05, 0) is 18.6 Å². The highest BCUT2D eigenvalue weighted by Crippen LogP contribution is 2.32. The number of benzene rings is 1. The van der Waals surface area contributed by atoms with Crippen LogP contribution in [-0.4, -0.2) is 15.3 Å². The summed E-state index contributed by atoms with van der Waals surface area (Å²) in [6, 6.07) is 6.66. The number of aromatic hydroxyl groups is 1. The van der Waals surface area contributed by atoms with Gasteiger partial charge in [-0.25, -0.2) is 4.79 Å². The summed E-state index contributed by atoms with van der Waals surface area (Å²) in [5, 5.41) is 26.9. The molecule has 2 aromatic heterocycles. The minimum atomic E-state index is -0.754. The van der Waals surface area contributed by atoms with Crippen molar-refractivity contribution in [2.24, 2.45) is 10.2 Å². The van der Waals surface area contributed by atoms with Crippen molar-refractivity contribution in [3.63, 3.8) is 0 Å². The van der Waals surface area contributed by atoms with Gasteiger partial charge < -0.3 is 9.52 Å². The molecule has 106 valence electrons. The van der Waals surface area contributed by atoms with Crippen molar-refractivity contribution in [1.29, 1.82) is 0 Å². The van der Waals surface area contributed by atoms with E-state index in [2.05, 4.69) is 20.4 Å². The van der Waals surface area contributed by atoms with E-state index in [1.54, 1.807) is 24.3 Å². The minimum Gasteiger partial charge on any atom is -0.505 e. The predicted molar refractivity (Wildman–Crippen MR) is 77.6 cm³/mol. The van der Waals surface area contributed by atoms with Gasteiger partial charge in [0.15, 0.2) is 5.75 Å². The van der Waals surface area contributed by atoms with Crippen LogP contribution in [0.2, 0.25) is 0 Å². The summed E-state index contributed by atoms with van der Waals surface area (Å²) >= 11 is 1.27. The zero-order valence-corrected chi connectivity index (χ0v) is 11.8. The van der Waals surface area contributed by atoms with Crippen molar-refractivity contribution in [1.82, 2.24) is 10.2 Å². The molecule has 1 N–H and O–H groups in total. The van der Waals surface area contributed by atoms with Crippen LogP contribution in [0.1, 0.15) is 11.9 Å². The number of hydrogen-bond donors (Lipinski definition) is 1. The normalized spacial score (nSPS) is 11.5. The Morgan fingerprint density at radius 1 is 1.29 bits per heavy atom. The number of nitrogens with zero attached hydrogens (tertiary/aromatic N) is 4. The van der Waals surface area contributed by atoms with Gasteiger partial charge in [0.25, 0.3) is 5.13 Å². The van der Waals surface area contributed by atoms with Crippen molar-refractivity contribution in [2.45, 2.75) is 13.3 Å². The quantitative estimate of drug-likeness (QED) is 0.590. The van der Waals surface area contributed by atoms with Gasteiger partial charge in [0, 0.05) is 0 Å². The van der Waals surface area contributed by atoms with Gasteiger partial charge in [0.05, 0.1) is 5.39 Å². The van der Waals surface area contributed by atoms with Crippen molar-refractivity contribution in [3.8, 4) is 5.75 Å². The Kier molecular flexibility index (Phi) is 3.44. The lowest BCUT2D eigenvalue weighted by Crippen LogP contribution is -1.98. The highest BCUT2D eigenvalue weighted by atomic mass is 32.1. The number of rotatable bonds is 3. The molecule has 3 aromatic rings. The summed E-state index contributed by atoms with van der Waals surface area (Å²) in [7, 11) is 0. The molecular weight excluding hydrogens is 292 g/mol. The Bertz CT molecular complexity index is 884. The van der Waals surface area contributed by atoms with E-state index in [0.717, 1.165) is 11.4 Å². The molecule has 3 rings (SSSR count). The SMILES string of the molecule is CCc1nnc(N=Nc2c(O)c3ccccc3oc2=O)s1. The second-order valence-electron chi connectivity index (χ2n) is 4.11. The molecule has 0 aliphatic carbocycles. The number of fused-ring (bicyclic) bond motifs is 1. The van der Waals surface area contributed by atoms with E-state index in [1.807, 2.05) is 6.92 Å². The van der Waals surface area contributed by atoms with E-state index >= 15 is 0 Å². The molecule has 0 radical (unpaired) electrons. The fourth-order valence-corrected chi connectivity index (χ4v) is 2.33. The van der Waals surface area contributed by atoms with Gasteiger partial charge >= 0.3 is 5.63 Å². The van der Waals surface area contributed by atoms with E-state index in [-0.39, 0.29) is 11.4 Å². The van der Waals surface area contributed by atoms with E-state index in [1.165, 1.54) is 11.3 Å². The lowest BCUT2D eigenvalue weighted by molar-refractivity contribution is 0.469. The van der Waals surface area contributed by atoms with E-state index in [9.17, 15) is 9.90 Å². The molecule has 7 nitrogen and oxygen atoms in total. The molecule has 1 aromatic carbocycles. The average Bonchev–Trinajstić information content (AvgIpc) is 2.95. The Balaban J connectivity index is 2.06. The Morgan fingerprint density at radius 2 is 2.10 bits per heavy atom. The molecule has 0 aliphatic heterocycles. The van der Waals surface area contributed by atoms with Gasteiger partial charge in [0.2, 0.25) is 5.69 Å². The van der Waals surface area contributed by atoms with Gasteiger partial charge in [0.1, 0.15) is 10.6 Å². The molecular formula is C13H10N4O3S. The Hall–Kier alpha value is -2.61. The van der Waals surface area contributed by atoms with Crippen LogP contribution in [-0.2, 0) is 6.42 Å². The maximum absolute atomic E-state index is 11.8. The first-order valence-electron chi connectivity index (χ1n) is 6.18. The zero-order chi connectivity index (χ0) is 14.8. The smallest absolute Gasteiger partial charge is 0.368 e. The second kappa shape index (κ2) is 5.41. The topological polar surface area (TPSA) is 101 Å². The molecule has 0 aliphatic rings. The van der Waals surface area contributed by atoms with Crippen LogP contribution in [0.25, 0.3) is 11.0 Å². The summed E-state index contributed by atoms with van der Waals surface area (Å²) in [5.74, 6) is -0.258. The molecule has 0 bridgehead atoms. The highest BCUT2D eigenvalue weighted by Gasteiger charge is 2.13. The van der Waals surface area contributed by atoms with Crippen LogP contribution in [0.4, 0.5) is 10.8 Å². The van der Waals surface area contributed by atoms with Crippen LogP contribution in [0.5, 0.6) is 5.75 Å². The number of aromatic nitrogens is 2. The number of azo groups is 1. The molecule has 0 saturated heterocycles. The van der Waals surface area contributed by atoms with Crippen molar-refractivity contribution >= 4 is 33.1 Å². The lowest BCUT2D eigenvalue weighted by atomic mass is 10.2. The number of hydrogen-bond acceptors (Lipinski definition) is 8. The van der Waals surface area contributed by atoms with Crippen LogP contribution >= 0.6 is 11.3 Å². The third-order valence-electron chi connectivity index (χ3n) is 2.76. The first-order chi connectivity index (χ1) is 10.2. The van der Waals surface area contributed by atoms with E-state index < -0.39 is 5.63 Å². The largest absolute Gasteiger partial charge is 0.505 e. The van der Waals surface area contributed by atoms with Crippen LogP contribution < -0.4 is 5.63 Å². The first kappa shape index (κ1) is 13.4.